The van der Waals surface area contributed by atoms with Gasteiger partial charge in [-0.25, -0.2) is 0 Å². The first kappa shape index (κ1) is 15.2. The van der Waals surface area contributed by atoms with Crippen molar-refractivity contribution in [2.75, 3.05) is 7.11 Å². The maximum absolute atomic E-state index is 5.64. The first-order chi connectivity index (χ1) is 6.64. The Balaban J connectivity index is 3.84. The molecule has 0 rings (SSSR count). The molecular formula is C13H29OSi. The zero-order valence-corrected chi connectivity index (χ0v) is 12.7. The molecule has 0 saturated carbocycles. The van der Waals surface area contributed by atoms with Gasteiger partial charge in [-0.2, -0.15) is 0 Å². The molecule has 0 atom stereocenters. The predicted octanol–water partition coefficient (Wildman–Crippen LogP) is 4.50. The molecule has 1 nitrogen and oxygen atoms in total. The quantitative estimate of drug-likeness (QED) is 0.631. The molecule has 0 aliphatic rings. The molecule has 0 heterocycles. The zero-order chi connectivity index (χ0) is 12.1. The molecule has 0 aromatic rings. The normalized spacial score (nSPS) is 13.6. The Labute approximate surface area is 98.3 Å². The first-order valence-corrected chi connectivity index (χ1v) is 7.85. The molecule has 0 amide bonds. The topological polar surface area (TPSA) is 9.23 Å². The number of hydrogen-bond acceptors (Lipinski definition) is 1. The third-order valence-corrected chi connectivity index (χ3v) is 4.79. The summed E-state index contributed by atoms with van der Waals surface area (Å²) in [5, 5.41) is 0. The van der Waals surface area contributed by atoms with Crippen molar-refractivity contribution in [3.05, 3.63) is 0 Å². The van der Waals surface area contributed by atoms with Gasteiger partial charge in [0.1, 0.15) is 0 Å². The van der Waals surface area contributed by atoms with Crippen molar-refractivity contribution in [1.29, 1.82) is 0 Å². The van der Waals surface area contributed by atoms with Gasteiger partial charge in [-0.3, -0.25) is 0 Å². The summed E-state index contributed by atoms with van der Waals surface area (Å²) in [4.78, 5) is 0. The fraction of sp³-hybridized carbons (Fsp3) is 1.00. The maximum Gasteiger partial charge on any atom is 0.210 e. The molecule has 0 aromatic carbocycles. The molecule has 2 heteroatoms. The second kappa shape index (κ2) is 6.05. The summed E-state index contributed by atoms with van der Waals surface area (Å²) in [6.45, 7) is 13.9. The van der Waals surface area contributed by atoms with Crippen molar-refractivity contribution in [2.45, 2.75) is 66.5 Å². The standard InChI is InChI=1S/C13H29OSi/c1-12(2,3)8-10-15(14-7)11-9-13(4,5)6/h8-11H2,1-7H3. The average Bonchev–Trinajstić information content (AvgIpc) is 2.00. The van der Waals surface area contributed by atoms with E-state index in [1.807, 2.05) is 7.11 Å². The van der Waals surface area contributed by atoms with Crippen LogP contribution in [0.25, 0.3) is 0 Å². The molecule has 0 fully saturated rings. The third-order valence-electron chi connectivity index (χ3n) is 2.60. The molecular weight excluding hydrogens is 200 g/mol. The minimum Gasteiger partial charge on any atom is -0.420 e. The molecule has 0 bridgehead atoms. The summed E-state index contributed by atoms with van der Waals surface area (Å²) < 4.78 is 5.64. The van der Waals surface area contributed by atoms with E-state index in [2.05, 4.69) is 41.5 Å². The Morgan fingerprint density at radius 3 is 1.33 bits per heavy atom. The van der Waals surface area contributed by atoms with Crippen LogP contribution in [0.3, 0.4) is 0 Å². The summed E-state index contributed by atoms with van der Waals surface area (Å²) in [6.07, 6.45) is 2.58. The van der Waals surface area contributed by atoms with E-state index in [1.54, 1.807) is 0 Å². The van der Waals surface area contributed by atoms with Crippen molar-refractivity contribution >= 4 is 9.04 Å². The van der Waals surface area contributed by atoms with E-state index in [9.17, 15) is 0 Å². The molecule has 0 saturated heterocycles. The number of rotatable bonds is 5. The van der Waals surface area contributed by atoms with Gasteiger partial charge in [0.15, 0.2) is 0 Å². The largest absolute Gasteiger partial charge is 0.420 e. The molecule has 0 aliphatic heterocycles. The molecule has 0 unspecified atom stereocenters. The van der Waals surface area contributed by atoms with E-state index in [0.717, 1.165) is 0 Å². The van der Waals surface area contributed by atoms with Gasteiger partial charge < -0.3 is 4.43 Å². The van der Waals surface area contributed by atoms with Gasteiger partial charge in [0.2, 0.25) is 9.04 Å². The van der Waals surface area contributed by atoms with Crippen molar-refractivity contribution < 1.29 is 4.43 Å². The minimum atomic E-state index is -0.550. The molecule has 1 radical (unpaired) electrons. The average molecular weight is 229 g/mol. The molecule has 0 aliphatic carbocycles. The van der Waals surface area contributed by atoms with Crippen molar-refractivity contribution in [1.82, 2.24) is 0 Å². The van der Waals surface area contributed by atoms with Gasteiger partial charge in [0.25, 0.3) is 0 Å². The summed E-state index contributed by atoms with van der Waals surface area (Å²) in [7, 11) is 1.34. The van der Waals surface area contributed by atoms with Gasteiger partial charge in [-0.05, 0) is 35.8 Å². The highest BCUT2D eigenvalue weighted by Gasteiger charge is 2.20. The van der Waals surface area contributed by atoms with Crippen LogP contribution >= 0.6 is 0 Å². The van der Waals surface area contributed by atoms with Gasteiger partial charge in [-0.15, -0.1) is 0 Å². The lowest BCUT2D eigenvalue weighted by Crippen LogP contribution is -2.21. The zero-order valence-electron chi connectivity index (χ0n) is 11.7. The Hall–Kier alpha value is 0.177. The maximum atomic E-state index is 5.64. The predicted molar refractivity (Wildman–Crippen MR) is 70.5 cm³/mol. The van der Waals surface area contributed by atoms with Crippen molar-refractivity contribution in [3.63, 3.8) is 0 Å². The van der Waals surface area contributed by atoms with Crippen LogP contribution in [-0.4, -0.2) is 16.2 Å². The molecule has 0 spiro atoms. The second-order valence-electron chi connectivity index (χ2n) is 6.86. The summed E-state index contributed by atoms with van der Waals surface area (Å²) >= 11 is 0. The van der Waals surface area contributed by atoms with Crippen LogP contribution in [0.5, 0.6) is 0 Å². The monoisotopic (exact) mass is 229 g/mol. The van der Waals surface area contributed by atoms with E-state index in [1.165, 1.54) is 24.9 Å². The lowest BCUT2D eigenvalue weighted by atomic mass is 9.93. The first-order valence-electron chi connectivity index (χ1n) is 6.03. The summed E-state index contributed by atoms with van der Waals surface area (Å²) in [6, 6.07) is 2.58. The van der Waals surface area contributed by atoms with Crippen LogP contribution in [0.1, 0.15) is 54.4 Å². The lowest BCUT2D eigenvalue weighted by Gasteiger charge is -2.23. The fourth-order valence-corrected chi connectivity index (χ4v) is 4.07. The molecule has 0 aromatic heterocycles. The summed E-state index contributed by atoms with van der Waals surface area (Å²) in [5.74, 6) is 0. The van der Waals surface area contributed by atoms with E-state index in [0.29, 0.717) is 10.8 Å². The Morgan fingerprint density at radius 1 is 0.800 bits per heavy atom. The highest BCUT2D eigenvalue weighted by atomic mass is 28.3. The SMILES string of the molecule is CO[Si](CCC(C)(C)C)CCC(C)(C)C. The van der Waals surface area contributed by atoms with Crippen LogP contribution in [0.4, 0.5) is 0 Å². The second-order valence-corrected chi connectivity index (χ2v) is 9.35. The minimum absolute atomic E-state index is 0.455. The highest BCUT2D eigenvalue weighted by Crippen LogP contribution is 2.27. The highest BCUT2D eigenvalue weighted by molar-refractivity contribution is 6.51. The van der Waals surface area contributed by atoms with Crippen LogP contribution in [0.15, 0.2) is 0 Å². The third kappa shape index (κ3) is 10.5. The van der Waals surface area contributed by atoms with Gasteiger partial charge >= 0.3 is 0 Å². The van der Waals surface area contributed by atoms with E-state index >= 15 is 0 Å². The fourth-order valence-electron chi connectivity index (χ4n) is 1.36. The smallest absolute Gasteiger partial charge is 0.210 e. The molecule has 15 heavy (non-hydrogen) atoms. The van der Waals surface area contributed by atoms with E-state index in [-0.39, 0.29) is 0 Å². The van der Waals surface area contributed by atoms with Gasteiger partial charge in [-0.1, -0.05) is 41.5 Å². The Morgan fingerprint density at radius 2 is 1.13 bits per heavy atom. The number of hydrogen-bond donors (Lipinski definition) is 0. The van der Waals surface area contributed by atoms with E-state index in [4.69, 9.17) is 4.43 Å². The van der Waals surface area contributed by atoms with Gasteiger partial charge in [0.05, 0.1) is 0 Å². The molecule has 0 N–H and O–H groups in total. The van der Waals surface area contributed by atoms with E-state index < -0.39 is 9.04 Å². The van der Waals surface area contributed by atoms with Crippen molar-refractivity contribution in [2.24, 2.45) is 10.8 Å². The van der Waals surface area contributed by atoms with Crippen molar-refractivity contribution in [3.8, 4) is 0 Å². The van der Waals surface area contributed by atoms with Crippen LogP contribution in [0.2, 0.25) is 12.1 Å². The van der Waals surface area contributed by atoms with Crippen LogP contribution in [-0.2, 0) is 4.43 Å². The van der Waals surface area contributed by atoms with Crippen LogP contribution < -0.4 is 0 Å². The Kier molecular flexibility index (Phi) is 6.12. The lowest BCUT2D eigenvalue weighted by molar-refractivity contribution is 0.353. The Bertz CT molecular complexity index is 146. The van der Waals surface area contributed by atoms with Crippen LogP contribution in [0, 0.1) is 10.8 Å². The molecule has 91 valence electrons. The summed E-state index contributed by atoms with van der Waals surface area (Å²) in [5.41, 5.74) is 0.909. The van der Waals surface area contributed by atoms with Gasteiger partial charge in [0, 0.05) is 7.11 Å².